The van der Waals surface area contributed by atoms with Crippen molar-refractivity contribution in [3.63, 3.8) is 0 Å². The number of benzene rings is 1. The molecule has 0 radical (unpaired) electrons. The molecule has 0 spiro atoms. The monoisotopic (exact) mass is 338 g/mol. The molecule has 124 valence electrons. The summed E-state index contributed by atoms with van der Waals surface area (Å²) in [5.41, 5.74) is 1.06. The Kier molecular flexibility index (Phi) is 5.81. The summed E-state index contributed by atoms with van der Waals surface area (Å²) in [5, 5.41) is 10.7. The van der Waals surface area contributed by atoms with Crippen molar-refractivity contribution >= 4 is 17.5 Å². The molecular formula is C15H19ClN4O3. The molecule has 2 rings (SSSR count). The van der Waals surface area contributed by atoms with Crippen molar-refractivity contribution in [1.82, 2.24) is 20.3 Å². The largest absolute Gasteiger partial charge is 0.490 e. The van der Waals surface area contributed by atoms with Crippen LogP contribution in [0.1, 0.15) is 29.9 Å². The molecule has 1 aromatic carbocycles. The van der Waals surface area contributed by atoms with Crippen LogP contribution >= 0.6 is 11.6 Å². The van der Waals surface area contributed by atoms with E-state index in [1.165, 1.54) is 4.68 Å². The number of carbonyl (C=O) groups excluding carboxylic acids is 1. The second-order valence-corrected chi connectivity index (χ2v) is 5.14. The van der Waals surface area contributed by atoms with Crippen molar-refractivity contribution in [2.75, 3.05) is 13.2 Å². The zero-order chi connectivity index (χ0) is 16.8. The van der Waals surface area contributed by atoms with E-state index in [0.717, 1.165) is 5.56 Å². The first-order chi connectivity index (χ1) is 11.0. The number of hydrogen-bond acceptors (Lipinski definition) is 5. The molecule has 0 atom stereocenters. The molecule has 1 amide bonds. The molecule has 1 aromatic heterocycles. The van der Waals surface area contributed by atoms with E-state index in [1.54, 1.807) is 25.4 Å². The number of amides is 1. The predicted octanol–water partition coefficient (Wildman–Crippen LogP) is 2.20. The van der Waals surface area contributed by atoms with Gasteiger partial charge in [0.15, 0.2) is 17.2 Å². The second kappa shape index (κ2) is 7.82. The van der Waals surface area contributed by atoms with E-state index >= 15 is 0 Å². The quantitative estimate of drug-likeness (QED) is 0.837. The van der Waals surface area contributed by atoms with Gasteiger partial charge in [0.2, 0.25) is 0 Å². The van der Waals surface area contributed by atoms with Gasteiger partial charge in [0.25, 0.3) is 5.91 Å². The zero-order valence-corrected chi connectivity index (χ0v) is 14.1. The van der Waals surface area contributed by atoms with Gasteiger partial charge in [0.05, 0.1) is 24.4 Å². The molecule has 0 fully saturated rings. The Bertz CT molecular complexity index is 687. The first-order valence-corrected chi connectivity index (χ1v) is 7.65. The molecule has 2 aromatic rings. The van der Waals surface area contributed by atoms with Crippen molar-refractivity contribution in [3.05, 3.63) is 34.6 Å². The number of rotatable bonds is 7. The van der Waals surface area contributed by atoms with Gasteiger partial charge in [-0.15, -0.1) is 5.10 Å². The molecule has 7 nitrogen and oxygen atoms in total. The number of hydrogen-bond donors (Lipinski definition) is 1. The Morgan fingerprint density at radius 2 is 2.04 bits per heavy atom. The summed E-state index contributed by atoms with van der Waals surface area (Å²) >= 11 is 6.24. The van der Waals surface area contributed by atoms with Gasteiger partial charge in [0.1, 0.15) is 0 Å². The van der Waals surface area contributed by atoms with E-state index in [0.29, 0.717) is 36.3 Å². The van der Waals surface area contributed by atoms with Gasteiger partial charge >= 0.3 is 0 Å². The summed E-state index contributed by atoms with van der Waals surface area (Å²) in [6.07, 6.45) is 1.55. The lowest BCUT2D eigenvalue weighted by molar-refractivity contribution is 0.0945. The number of nitrogens with zero attached hydrogens (tertiary/aromatic N) is 3. The third kappa shape index (κ3) is 4.35. The first kappa shape index (κ1) is 17.1. The van der Waals surface area contributed by atoms with Gasteiger partial charge < -0.3 is 14.8 Å². The van der Waals surface area contributed by atoms with Gasteiger partial charge in [0, 0.05) is 13.6 Å². The number of aromatic nitrogens is 3. The fourth-order valence-electron chi connectivity index (χ4n) is 2.00. The van der Waals surface area contributed by atoms with Gasteiger partial charge in [-0.3, -0.25) is 9.48 Å². The topological polar surface area (TPSA) is 78.3 Å². The predicted molar refractivity (Wildman–Crippen MR) is 86.0 cm³/mol. The highest BCUT2D eigenvalue weighted by Gasteiger charge is 2.14. The molecule has 0 aliphatic carbocycles. The highest BCUT2D eigenvalue weighted by Crippen LogP contribution is 2.36. The Morgan fingerprint density at radius 1 is 1.30 bits per heavy atom. The minimum Gasteiger partial charge on any atom is -0.490 e. The number of carbonyl (C=O) groups is 1. The van der Waals surface area contributed by atoms with Crippen LogP contribution in [0.25, 0.3) is 0 Å². The van der Waals surface area contributed by atoms with E-state index in [9.17, 15) is 4.79 Å². The van der Waals surface area contributed by atoms with Gasteiger partial charge in [-0.2, -0.15) is 0 Å². The van der Waals surface area contributed by atoms with Gasteiger partial charge in [-0.1, -0.05) is 16.8 Å². The lowest BCUT2D eigenvalue weighted by atomic mass is 10.2. The maximum absolute atomic E-state index is 12.0. The van der Waals surface area contributed by atoms with Crippen LogP contribution in [0.2, 0.25) is 5.02 Å². The Morgan fingerprint density at radius 3 is 2.65 bits per heavy atom. The normalized spacial score (nSPS) is 10.4. The number of ether oxygens (including phenoxy) is 2. The SMILES string of the molecule is CCOc1cc(CNC(=O)c2cn(C)nn2)cc(Cl)c1OCC. The van der Waals surface area contributed by atoms with Crippen LogP contribution in [-0.4, -0.2) is 34.1 Å². The molecule has 0 aliphatic heterocycles. The smallest absolute Gasteiger partial charge is 0.273 e. The average Bonchev–Trinajstić information content (AvgIpc) is 2.95. The summed E-state index contributed by atoms with van der Waals surface area (Å²) in [6.45, 7) is 5.03. The third-order valence-electron chi connectivity index (χ3n) is 2.95. The van der Waals surface area contributed by atoms with Crippen LogP contribution < -0.4 is 14.8 Å². The van der Waals surface area contributed by atoms with Crippen LogP contribution in [-0.2, 0) is 13.6 Å². The van der Waals surface area contributed by atoms with Gasteiger partial charge in [-0.25, -0.2) is 0 Å². The van der Waals surface area contributed by atoms with E-state index in [1.807, 2.05) is 13.8 Å². The summed E-state index contributed by atoms with van der Waals surface area (Å²) < 4.78 is 12.5. The molecule has 1 N–H and O–H groups in total. The summed E-state index contributed by atoms with van der Waals surface area (Å²) in [7, 11) is 1.70. The summed E-state index contributed by atoms with van der Waals surface area (Å²) in [6, 6.07) is 3.54. The number of nitrogens with one attached hydrogen (secondary N) is 1. The van der Waals surface area contributed by atoms with Crippen LogP contribution in [0, 0.1) is 0 Å². The standard InChI is InChI=1S/C15H19ClN4O3/c1-4-22-13-7-10(6-11(16)14(13)23-5-2)8-17-15(21)12-9-20(3)19-18-12/h6-7,9H,4-5,8H2,1-3H3,(H,17,21). The Hall–Kier alpha value is -2.28. The molecule has 23 heavy (non-hydrogen) atoms. The molecular weight excluding hydrogens is 320 g/mol. The fourth-order valence-corrected chi connectivity index (χ4v) is 2.28. The zero-order valence-electron chi connectivity index (χ0n) is 13.3. The lowest BCUT2D eigenvalue weighted by Crippen LogP contribution is -2.23. The fraction of sp³-hybridized carbons (Fsp3) is 0.400. The first-order valence-electron chi connectivity index (χ1n) is 7.27. The molecule has 1 heterocycles. The van der Waals surface area contributed by atoms with Crippen molar-refractivity contribution in [3.8, 4) is 11.5 Å². The van der Waals surface area contributed by atoms with Crippen molar-refractivity contribution in [2.24, 2.45) is 7.05 Å². The minimum absolute atomic E-state index is 0.259. The second-order valence-electron chi connectivity index (χ2n) is 4.73. The van der Waals surface area contributed by atoms with Crippen LogP contribution in [0.3, 0.4) is 0 Å². The highest BCUT2D eigenvalue weighted by atomic mass is 35.5. The van der Waals surface area contributed by atoms with E-state index < -0.39 is 0 Å². The van der Waals surface area contributed by atoms with Crippen LogP contribution in [0.15, 0.2) is 18.3 Å². The van der Waals surface area contributed by atoms with E-state index in [-0.39, 0.29) is 11.6 Å². The van der Waals surface area contributed by atoms with Gasteiger partial charge in [-0.05, 0) is 31.5 Å². The Balaban J connectivity index is 2.11. The third-order valence-corrected chi connectivity index (χ3v) is 3.23. The highest BCUT2D eigenvalue weighted by molar-refractivity contribution is 6.32. The molecule has 0 unspecified atom stereocenters. The lowest BCUT2D eigenvalue weighted by Gasteiger charge is -2.14. The maximum Gasteiger partial charge on any atom is 0.273 e. The van der Waals surface area contributed by atoms with E-state index in [2.05, 4.69) is 15.6 Å². The number of aryl methyl sites for hydroxylation is 1. The summed E-state index contributed by atoms with van der Waals surface area (Å²) in [5.74, 6) is 0.770. The van der Waals surface area contributed by atoms with Crippen molar-refractivity contribution in [1.29, 1.82) is 0 Å². The molecule has 8 heteroatoms. The van der Waals surface area contributed by atoms with Crippen LogP contribution in [0.4, 0.5) is 0 Å². The van der Waals surface area contributed by atoms with Crippen molar-refractivity contribution in [2.45, 2.75) is 20.4 Å². The molecule has 0 bridgehead atoms. The van der Waals surface area contributed by atoms with Crippen molar-refractivity contribution < 1.29 is 14.3 Å². The molecule has 0 saturated heterocycles. The maximum atomic E-state index is 12.0. The summed E-state index contributed by atoms with van der Waals surface area (Å²) in [4.78, 5) is 12.0. The molecule has 0 aliphatic rings. The number of halogens is 1. The minimum atomic E-state index is -0.305. The Labute approximate surface area is 139 Å². The average molecular weight is 339 g/mol. The molecule has 0 saturated carbocycles. The van der Waals surface area contributed by atoms with Crippen LogP contribution in [0.5, 0.6) is 11.5 Å². The van der Waals surface area contributed by atoms with E-state index in [4.69, 9.17) is 21.1 Å².